The first-order chi connectivity index (χ1) is 10.1. The molecule has 1 heterocycles. The lowest BCUT2D eigenvalue weighted by molar-refractivity contribution is -0.119. The molecule has 0 bridgehead atoms. The van der Waals surface area contributed by atoms with Crippen molar-refractivity contribution in [3.05, 3.63) is 29.8 Å². The summed E-state index contributed by atoms with van der Waals surface area (Å²) in [5, 5.41) is 2.84. The van der Waals surface area contributed by atoms with Crippen molar-refractivity contribution in [3.63, 3.8) is 0 Å². The van der Waals surface area contributed by atoms with E-state index in [1.54, 1.807) is 14.0 Å². The Morgan fingerprint density at radius 1 is 1.48 bits per heavy atom. The van der Waals surface area contributed by atoms with Crippen molar-refractivity contribution in [2.24, 2.45) is 5.73 Å². The quantitative estimate of drug-likeness (QED) is 0.847. The van der Waals surface area contributed by atoms with E-state index in [0.717, 1.165) is 31.8 Å². The zero-order valence-electron chi connectivity index (χ0n) is 12.8. The molecule has 0 aromatic heterocycles. The zero-order valence-corrected chi connectivity index (χ0v) is 12.8. The monoisotopic (exact) mass is 291 g/mol. The molecule has 1 fully saturated rings. The summed E-state index contributed by atoms with van der Waals surface area (Å²) in [5.74, 6) is 1.32. The third-order valence-electron chi connectivity index (χ3n) is 3.93. The van der Waals surface area contributed by atoms with Crippen molar-refractivity contribution in [2.75, 3.05) is 33.3 Å². The van der Waals surface area contributed by atoms with Crippen molar-refractivity contribution < 1.29 is 9.53 Å². The van der Waals surface area contributed by atoms with Crippen LogP contribution in [0.4, 0.5) is 0 Å². The molecule has 1 amide bonds. The van der Waals surface area contributed by atoms with Crippen molar-refractivity contribution in [3.8, 4) is 5.75 Å². The van der Waals surface area contributed by atoms with E-state index in [2.05, 4.69) is 22.3 Å². The molecule has 116 valence electrons. The van der Waals surface area contributed by atoms with E-state index in [4.69, 9.17) is 10.5 Å². The summed E-state index contributed by atoms with van der Waals surface area (Å²) in [6.45, 7) is 4.92. The number of nitrogens with zero attached hydrogens (tertiary/aromatic N) is 1. The lowest BCUT2D eigenvalue weighted by Gasteiger charge is -2.36. The van der Waals surface area contributed by atoms with Gasteiger partial charge in [-0.2, -0.15) is 0 Å². The fourth-order valence-electron chi connectivity index (χ4n) is 2.94. The summed E-state index contributed by atoms with van der Waals surface area (Å²) < 4.78 is 5.30. The normalized spacial score (nSPS) is 22.8. The lowest BCUT2D eigenvalue weighted by Crippen LogP contribution is -2.48. The zero-order chi connectivity index (χ0) is 15.2. The number of hydrogen-bond acceptors (Lipinski definition) is 4. The molecular formula is C16H25N3O2. The van der Waals surface area contributed by atoms with Gasteiger partial charge in [-0.15, -0.1) is 0 Å². The Morgan fingerprint density at radius 2 is 2.29 bits per heavy atom. The Labute approximate surface area is 126 Å². The molecule has 1 aromatic carbocycles. The SMILES string of the molecule is COc1cccc(C2CC(N)CN(CCNC(C)=O)C2)c1. The Kier molecular flexibility index (Phi) is 5.59. The van der Waals surface area contributed by atoms with Crippen molar-refractivity contribution in [1.29, 1.82) is 0 Å². The van der Waals surface area contributed by atoms with Crippen LogP contribution in [-0.2, 0) is 4.79 Å². The third-order valence-corrected chi connectivity index (χ3v) is 3.93. The summed E-state index contributed by atoms with van der Waals surface area (Å²) >= 11 is 0. The van der Waals surface area contributed by atoms with Gasteiger partial charge in [-0.05, 0) is 30.0 Å². The molecule has 0 saturated carbocycles. The van der Waals surface area contributed by atoms with Gasteiger partial charge in [0.15, 0.2) is 0 Å². The molecule has 21 heavy (non-hydrogen) atoms. The van der Waals surface area contributed by atoms with Gasteiger partial charge in [0.05, 0.1) is 7.11 Å². The second-order valence-electron chi connectivity index (χ2n) is 5.71. The lowest BCUT2D eigenvalue weighted by atomic mass is 9.88. The highest BCUT2D eigenvalue weighted by molar-refractivity contribution is 5.72. The Balaban J connectivity index is 1.97. The number of likely N-dealkylation sites (tertiary alicyclic amines) is 1. The standard InChI is InChI=1S/C16H25N3O2/c1-12(20)18-6-7-19-10-14(8-15(17)11-19)13-4-3-5-16(9-13)21-2/h3-5,9,14-15H,6-8,10-11,17H2,1-2H3,(H,18,20). The van der Waals surface area contributed by atoms with Gasteiger partial charge >= 0.3 is 0 Å². The fraction of sp³-hybridized carbons (Fsp3) is 0.562. The van der Waals surface area contributed by atoms with Crippen LogP contribution >= 0.6 is 0 Å². The largest absolute Gasteiger partial charge is 0.497 e. The first-order valence-electron chi connectivity index (χ1n) is 7.45. The van der Waals surface area contributed by atoms with Crippen LogP contribution < -0.4 is 15.8 Å². The first-order valence-corrected chi connectivity index (χ1v) is 7.45. The summed E-state index contributed by atoms with van der Waals surface area (Å²) in [5.41, 5.74) is 7.47. The van der Waals surface area contributed by atoms with Gasteiger partial charge in [0, 0.05) is 39.1 Å². The second kappa shape index (κ2) is 7.43. The molecule has 1 aromatic rings. The van der Waals surface area contributed by atoms with Gasteiger partial charge in [0.2, 0.25) is 5.91 Å². The number of benzene rings is 1. The summed E-state index contributed by atoms with van der Waals surface area (Å²) in [6, 6.07) is 8.38. The van der Waals surface area contributed by atoms with E-state index in [1.807, 2.05) is 12.1 Å². The third kappa shape index (κ3) is 4.72. The minimum absolute atomic E-state index is 0.0145. The number of piperidine rings is 1. The first kappa shape index (κ1) is 15.8. The number of methoxy groups -OCH3 is 1. The Hall–Kier alpha value is -1.59. The molecule has 0 radical (unpaired) electrons. The van der Waals surface area contributed by atoms with Crippen LogP contribution in [0.15, 0.2) is 24.3 Å². The number of carbonyl (C=O) groups is 1. The highest BCUT2D eigenvalue weighted by Gasteiger charge is 2.26. The van der Waals surface area contributed by atoms with E-state index < -0.39 is 0 Å². The van der Waals surface area contributed by atoms with Crippen LogP contribution in [0.3, 0.4) is 0 Å². The van der Waals surface area contributed by atoms with E-state index in [0.29, 0.717) is 12.5 Å². The molecule has 2 atom stereocenters. The van der Waals surface area contributed by atoms with Crippen molar-refractivity contribution in [1.82, 2.24) is 10.2 Å². The molecule has 3 N–H and O–H groups in total. The summed E-state index contributed by atoms with van der Waals surface area (Å²) in [4.78, 5) is 13.3. The molecule has 0 spiro atoms. The van der Waals surface area contributed by atoms with Crippen LogP contribution in [0.25, 0.3) is 0 Å². The van der Waals surface area contributed by atoms with E-state index in [1.165, 1.54) is 5.56 Å². The molecule has 0 aliphatic carbocycles. The van der Waals surface area contributed by atoms with Gasteiger partial charge in [-0.3, -0.25) is 9.69 Å². The molecule has 5 heteroatoms. The minimum atomic E-state index is 0.0145. The van der Waals surface area contributed by atoms with Gasteiger partial charge in [0.1, 0.15) is 5.75 Å². The van der Waals surface area contributed by atoms with Crippen LogP contribution in [0.2, 0.25) is 0 Å². The Bertz CT molecular complexity index is 478. The highest BCUT2D eigenvalue weighted by atomic mass is 16.5. The summed E-state index contributed by atoms with van der Waals surface area (Å²) in [6.07, 6.45) is 0.990. The number of hydrogen-bond donors (Lipinski definition) is 2. The number of rotatable bonds is 5. The second-order valence-corrected chi connectivity index (χ2v) is 5.71. The smallest absolute Gasteiger partial charge is 0.216 e. The van der Waals surface area contributed by atoms with Crippen LogP contribution in [-0.4, -0.2) is 50.1 Å². The Morgan fingerprint density at radius 3 is 3.00 bits per heavy atom. The van der Waals surface area contributed by atoms with Gasteiger partial charge in [0.25, 0.3) is 0 Å². The van der Waals surface area contributed by atoms with Gasteiger partial charge < -0.3 is 15.8 Å². The predicted octanol–water partition coefficient (Wildman–Crippen LogP) is 0.948. The summed E-state index contributed by atoms with van der Waals surface area (Å²) in [7, 11) is 1.69. The molecule has 2 rings (SSSR count). The maximum absolute atomic E-state index is 10.9. The van der Waals surface area contributed by atoms with E-state index in [9.17, 15) is 4.79 Å². The number of nitrogens with two attached hydrogens (primary N) is 1. The number of nitrogens with one attached hydrogen (secondary N) is 1. The van der Waals surface area contributed by atoms with Crippen LogP contribution in [0.5, 0.6) is 5.75 Å². The van der Waals surface area contributed by atoms with Crippen molar-refractivity contribution in [2.45, 2.75) is 25.3 Å². The van der Waals surface area contributed by atoms with E-state index in [-0.39, 0.29) is 11.9 Å². The molecule has 2 unspecified atom stereocenters. The molecule has 1 aliphatic heterocycles. The van der Waals surface area contributed by atoms with Crippen molar-refractivity contribution >= 4 is 5.91 Å². The van der Waals surface area contributed by atoms with Gasteiger partial charge in [-0.25, -0.2) is 0 Å². The van der Waals surface area contributed by atoms with Crippen LogP contribution in [0.1, 0.15) is 24.8 Å². The number of amides is 1. The average Bonchev–Trinajstić information content (AvgIpc) is 2.46. The maximum Gasteiger partial charge on any atom is 0.216 e. The maximum atomic E-state index is 10.9. The molecule has 5 nitrogen and oxygen atoms in total. The molecule has 1 aliphatic rings. The molecular weight excluding hydrogens is 266 g/mol. The topological polar surface area (TPSA) is 67.6 Å². The average molecular weight is 291 g/mol. The highest BCUT2D eigenvalue weighted by Crippen LogP contribution is 2.28. The van der Waals surface area contributed by atoms with E-state index >= 15 is 0 Å². The van der Waals surface area contributed by atoms with Crippen LogP contribution in [0, 0.1) is 0 Å². The molecule has 1 saturated heterocycles. The number of ether oxygens (including phenoxy) is 1. The predicted molar refractivity (Wildman–Crippen MR) is 83.5 cm³/mol. The number of carbonyl (C=O) groups excluding carboxylic acids is 1. The minimum Gasteiger partial charge on any atom is -0.497 e. The fourth-order valence-corrected chi connectivity index (χ4v) is 2.94. The van der Waals surface area contributed by atoms with Gasteiger partial charge in [-0.1, -0.05) is 12.1 Å².